The van der Waals surface area contributed by atoms with E-state index in [-0.39, 0.29) is 11.8 Å². The first-order chi connectivity index (χ1) is 18.7. The van der Waals surface area contributed by atoms with Gasteiger partial charge in [-0.2, -0.15) is 0 Å². The van der Waals surface area contributed by atoms with E-state index in [1.165, 1.54) is 0 Å². The summed E-state index contributed by atoms with van der Waals surface area (Å²) in [5, 5.41) is 29.8. The Morgan fingerprint density at radius 2 is 0.974 bits per heavy atom. The molecule has 39 heavy (non-hydrogen) atoms. The fraction of sp³-hybridized carbons (Fsp3) is 0.576. The van der Waals surface area contributed by atoms with Crippen LogP contribution in [0.2, 0.25) is 0 Å². The minimum atomic E-state index is -1.21. The molecule has 4 N–H and O–H groups in total. The molecule has 0 saturated heterocycles. The van der Waals surface area contributed by atoms with Crippen LogP contribution in [0.15, 0.2) is 60.7 Å². The van der Waals surface area contributed by atoms with E-state index in [0.717, 1.165) is 36.8 Å². The van der Waals surface area contributed by atoms with E-state index in [1.807, 2.05) is 88.4 Å². The molecule has 2 aromatic carbocycles. The number of aliphatic hydroxyl groups is 2. The average Bonchev–Trinajstić information content (AvgIpc) is 3.74. The molecule has 0 unspecified atom stereocenters. The lowest BCUT2D eigenvalue weighted by atomic mass is 9.80. The average molecular weight is 537 g/mol. The van der Waals surface area contributed by atoms with Crippen molar-refractivity contribution in [1.82, 2.24) is 10.6 Å². The molecule has 6 nitrogen and oxygen atoms in total. The molecule has 1 fully saturated rings. The molecular formula is C33H48N2O4. The molecule has 2 amide bonds. The Bertz CT molecular complexity index is 958. The largest absolute Gasteiger partial charge is 0.387 e. The second-order valence-corrected chi connectivity index (χ2v) is 11.4. The highest BCUT2D eigenvalue weighted by Gasteiger charge is 2.58. The topological polar surface area (TPSA) is 98.7 Å². The number of hydrogen-bond acceptors (Lipinski definition) is 4. The highest BCUT2D eigenvalue weighted by atomic mass is 16.3. The number of hydrogen-bond donors (Lipinski definition) is 4. The Morgan fingerprint density at radius 3 is 1.23 bits per heavy atom. The molecule has 2 atom stereocenters. The predicted molar refractivity (Wildman–Crippen MR) is 156 cm³/mol. The van der Waals surface area contributed by atoms with Crippen LogP contribution in [-0.2, 0) is 9.59 Å². The Morgan fingerprint density at radius 1 is 0.667 bits per heavy atom. The van der Waals surface area contributed by atoms with Crippen LogP contribution in [0.3, 0.4) is 0 Å². The Hall–Kier alpha value is -2.70. The van der Waals surface area contributed by atoms with Crippen LogP contribution in [0, 0.1) is 5.41 Å². The molecule has 0 aliphatic heterocycles. The van der Waals surface area contributed by atoms with Gasteiger partial charge in [0.2, 0.25) is 11.8 Å². The van der Waals surface area contributed by atoms with Crippen molar-refractivity contribution in [1.29, 1.82) is 0 Å². The fourth-order valence-corrected chi connectivity index (χ4v) is 6.13. The van der Waals surface area contributed by atoms with Crippen molar-refractivity contribution in [3.63, 3.8) is 0 Å². The van der Waals surface area contributed by atoms with E-state index < -0.39 is 28.7 Å². The molecule has 214 valence electrons. The van der Waals surface area contributed by atoms with Crippen LogP contribution in [0.1, 0.15) is 115 Å². The van der Waals surface area contributed by atoms with E-state index in [2.05, 4.69) is 10.6 Å². The molecule has 2 aromatic rings. The molecule has 1 aliphatic rings. The SMILES string of the molecule is CCCC(O)(CCC)[C@H](NC(=O)C1(C(=O)N[C@H](c2ccccc2)C(O)(CCC)CCC)CC1)c1ccccc1. The van der Waals surface area contributed by atoms with Gasteiger partial charge in [0.25, 0.3) is 0 Å². The quantitative estimate of drug-likeness (QED) is 0.194. The van der Waals surface area contributed by atoms with E-state index in [9.17, 15) is 19.8 Å². The van der Waals surface area contributed by atoms with Crippen LogP contribution in [0.25, 0.3) is 0 Å². The summed E-state index contributed by atoms with van der Waals surface area (Å²) in [6, 6.07) is 17.9. The predicted octanol–water partition coefficient (Wildman–Crippen LogP) is 6.14. The minimum absolute atomic E-state index is 0.360. The van der Waals surface area contributed by atoms with Gasteiger partial charge in [0.1, 0.15) is 5.41 Å². The van der Waals surface area contributed by atoms with Crippen molar-refractivity contribution < 1.29 is 19.8 Å². The van der Waals surface area contributed by atoms with Crippen LogP contribution in [0.4, 0.5) is 0 Å². The van der Waals surface area contributed by atoms with Gasteiger partial charge >= 0.3 is 0 Å². The molecule has 6 heteroatoms. The molecule has 0 bridgehead atoms. The normalized spacial score (nSPS) is 16.3. The molecule has 0 heterocycles. The summed E-state index contributed by atoms with van der Waals surface area (Å²) in [6.07, 6.45) is 6.12. The maximum Gasteiger partial charge on any atom is 0.236 e. The number of amides is 2. The van der Waals surface area contributed by atoms with Gasteiger partial charge in [0.05, 0.1) is 23.3 Å². The first-order valence-electron chi connectivity index (χ1n) is 14.9. The van der Waals surface area contributed by atoms with Crippen molar-refractivity contribution in [3.05, 3.63) is 71.8 Å². The van der Waals surface area contributed by atoms with Gasteiger partial charge in [0.15, 0.2) is 0 Å². The molecular weight excluding hydrogens is 488 g/mol. The van der Waals surface area contributed by atoms with E-state index in [4.69, 9.17) is 0 Å². The summed E-state index contributed by atoms with van der Waals surface area (Å²) < 4.78 is 0. The molecule has 3 rings (SSSR count). The smallest absolute Gasteiger partial charge is 0.236 e. The zero-order chi connectivity index (χ0) is 28.5. The maximum absolute atomic E-state index is 13.9. The van der Waals surface area contributed by atoms with Crippen LogP contribution in [-0.4, -0.2) is 33.2 Å². The minimum Gasteiger partial charge on any atom is -0.387 e. The van der Waals surface area contributed by atoms with E-state index >= 15 is 0 Å². The number of rotatable bonds is 16. The summed E-state index contributed by atoms with van der Waals surface area (Å²) in [6.45, 7) is 8.10. The van der Waals surface area contributed by atoms with Crippen molar-refractivity contribution in [2.75, 3.05) is 0 Å². The third-order valence-electron chi connectivity index (χ3n) is 8.24. The number of carbonyl (C=O) groups is 2. The molecule has 0 aromatic heterocycles. The van der Waals surface area contributed by atoms with Gasteiger partial charge in [0, 0.05) is 0 Å². The summed E-state index contributed by atoms with van der Waals surface area (Å²) >= 11 is 0. The molecule has 0 radical (unpaired) electrons. The van der Waals surface area contributed by atoms with Gasteiger partial charge in [-0.1, -0.05) is 114 Å². The number of nitrogens with one attached hydrogen (secondary N) is 2. The van der Waals surface area contributed by atoms with E-state index in [1.54, 1.807) is 0 Å². The summed E-state index contributed by atoms with van der Waals surface area (Å²) in [7, 11) is 0. The molecule has 1 saturated carbocycles. The fourth-order valence-electron chi connectivity index (χ4n) is 6.13. The van der Waals surface area contributed by atoms with Crippen molar-refractivity contribution in [2.45, 2.75) is 115 Å². The monoisotopic (exact) mass is 536 g/mol. The molecule has 0 spiro atoms. The maximum atomic E-state index is 13.9. The third-order valence-corrected chi connectivity index (χ3v) is 8.24. The first-order valence-corrected chi connectivity index (χ1v) is 14.9. The van der Waals surface area contributed by atoms with Crippen LogP contribution in [0.5, 0.6) is 0 Å². The van der Waals surface area contributed by atoms with Crippen LogP contribution < -0.4 is 10.6 Å². The van der Waals surface area contributed by atoms with Gasteiger partial charge < -0.3 is 20.8 Å². The van der Waals surface area contributed by atoms with Gasteiger partial charge in [-0.3, -0.25) is 9.59 Å². The second kappa shape index (κ2) is 13.6. The van der Waals surface area contributed by atoms with Crippen molar-refractivity contribution in [3.8, 4) is 0 Å². The summed E-state index contributed by atoms with van der Waals surface area (Å²) in [5.74, 6) is -0.721. The highest BCUT2D eigenvalue weighted by Crippen LogP contribution is 2.48. The van der Waals surface area contributed by atoms with E-state index in [0.29, 0.717) is 38.5 Å². The Balaban J connectivity index is 1.91. The molecule has 1 aliphatic carbocycles. The number of carbonyl (C=O) groups excluding carboxylic acids is 2. The second-order valence-electron chi connectivity index (χ2n) is 11.4. The lowest BCUT2D eigenvalue weighted by molar-refractivity contribution is -0.141. The first kappa shape index (κ1) is 30.8. The van der Waals surface area contributed by atoms with Gasteiger partial charge in [-0.05, 0) is 49.7 Å². The van der Waals surface area contributed by atoms with Crippen LogP contribution >= 0.6 is 0 Å². The Labute approximate surface area is 234 Å². The third kappa shape index (κ3) is 7.09. The van der Waals surface area contributed by atoms with Crippen molar-refractivity contribution >= 4 is 11.8 Å². The summed E-state index contributed by atoms with van der Waals surface area (Å²) in [4.78, 5) is 27.8. The summed E-state index contributed by atoms with van der Waals surface area (Å²) in [5.41, 5.74) is -1.80. The lowest BCUT2D eigenvalue weighted by Crippen LogP contribution is -2.53. The zero-order valence-electron chi connectivity index (χ0n) is 24.2. The highest BCUT2D eigenvalue weighted by molar-refractivity contribution is 6.08. The lowest BCUT2D eigenvalue weighted by Gasteiger charge is -2.39. The Kier molecular flexibility index (Phi) is 10.7. The zero-order valence-corrected chi connectivity index (χ0v) is 24.2. The van der Waals surface area contributed by atoms with Gasteiger partial charge in [-0.15, -0.1) is 0 Å². The van der Waals surface area contributed by atoms with Gasteiger partial charge in [-0.25, -0.2) is 0 Å². The standard InChI is InChI=1S/C33H48N2O4/c1-5-19-32(38,20-6-2)27(25-15-11-9-12-16-25)34-29(36)31(23-24-31)30(37)35-28(26-17-13-10-14-18-26)33(39,21-7-3)22-8-4/h9-18,27-28,38-39H,5-8,19-24H2,1-4H3,(H,34,36)(H,35,37)/t27-,28-/m1/s1. The number of benzene rings is 2. The van der Waals surface area contributed by atoms with Crippen molar-refractivity contribution in [2.24, 2.45) is 5.41 Å².